The number of thiazole rings is 1. The molecule has 0 bridgehead atoms. The number of nitrogen functional groups attached to an aromatic ring is 1. The first-order chi connectivity index (χ1) is 34.6. The van der Waals surface area contributed by atoms with Crippen LogP contribution in [0.1, 0.15) is 117 Å². The van der Waals surface area contributed by atoms with Gasteiger partial charge >= 0.3 is 0 Å². The fourth-order valence-electron chi connectivity index (χ4n) is 10.5. The van der Waals surface area contributed by atoms with Crippen LogP contribution in [0.2, 0.25) is 0 Å². The van der Waals surface area contributed by atoms with E-state index in [1.54, 1.807) is 29.9 Å². The number of unbranched alkanes of at least 4 members (excludes halogenated alkanes) is 1. The van der Waals surface area contributed by atoms with Crippen molar-refractivity contribution in [1.29, 1.82) is 5.26 Å². The van der Waals surface area contributed by atoms with Crippen molar-refractivity contribution in [2.75, 3.05) is 50.0 Å². The summed E-state index contributed by atoms with van der Waals surface area (Å²) in [4.78, 5) is 54.5. The summed E-state index contributed by atoms with van der Waals surface area (Å²) in [5.41, 5.74) is 12.1. The first kappa shape index (κ1) is 50.6. The third-order valence-corrected chi connectivity index (χ3v) is 16.3. The van der Waals surface area contributed by atoms with Crippen molar-refractivity contribution >= 4 is 45.4 Å². The van der Waals surface area contributed by atoms with E-state index in [1.165, 1.54) is 33.6 Å². The molecule has 21 heteroatoms. The van der Waals surface area contributed by atoms with Crippen LogP contribution in [-0.4, -0.2) is 114 Å². The van der Waals surface area contributed by atoms with Gasteiger partial charge in [0, 0.05) is 66.9 Å². The van der Waals surface area contributed by atoms with Gasteiger partial charge in [-0.3, -0.25) is 9.59 Å². The molecule has 18 nitrogen and oxygen atoms in total. The largest absolute Gasteiger partial charge is 0.476 e. The molecule has 2 amide bonds. The van der Waals surface area contributed by atoms with Gasteiger partial charge in [0.2, 0.25) is 29.5 Å². The predicted octanol–water partition coefficient (Wildman–Crippen LogP) is 7.33. The minimum atomic E-state index is -0.948. The Hall–Kier alpha value is -6.34. The Bertz CT molecular complexity index is 2960. The molecule has 3 aliphatic rings. The van der Waals surface area contributed by atoms with Crippen LogP contribution in [0.15, 0.2) is 45.0 Å². The summed E-state index contributed by atoms with van der Waals surface area (Å²) >= 11 is 2.91. The quantitative estimate of drug-likeness (QED) is 0.0805. The highest BCUT2D eigenvalue weighted by Gasteiger charge is 2.45. The molecular weight excluding hydrogens is 960 g/mol. The number of thiophene rings is 1. The minimum Gasteiger partial charge on any atom is -0.476 e. The van der Waals surface area contributed by atoms with Crippen molar-refractivity contribution in [3.05, 3.63) is 86.3 Å². The molecule has 2 saturated heterocycles. The lowest BCUT2D eigenvalue weighted by atomic mass is 9.72. The Morgan fingerprint density at radius 3 is 2.72 bits per heavy atom. The number of benzene rings is 1. The summed E-state index contributed by atoms with van der Waals surface area (Å²) in [6.45, 7) is 15.5. The van der Waals surface area contributed by atoms with Crippen LogP contribution >= 0.6 is 22.7 Å². The summed E-state index contributed by atoms with van der Waals surface area (Å²) in [6, 6.07) is 8.08. The number of aromatic nitrogens is 6. The highest BCUT2D eigenvalue weighted by atomic mass is 32.1. The number of halogens is 1. The molecule has 0 radical (unpaired) electrons. The smallest absolute Gasteiger partial charge is 0.254 e. The number of hydrogen-bond acceptors (Lipinski definition) is 18. The van der Waals surface area contributed by atoms with Crippen molar-refractivity contribution in [1.82, 2.24) is 45.4 Å². The number of ether oxygens (including phenoxy) is 1. The second kappa shape index (κ2) is 21.4. The number of aryl methyl sites for hydroxylation is 3. The van der Waals surface area contributed by atoms with Crippen LogP contribution < -0.4 is 20.7 Å². The number of amides is 2. The molecule has 4 N–H and O–H groups in total. The third-order valence-electron chi connectivity index (χ3n) is 14.3. The van der Waals surface area contributed by atoms with Crippen LogP contribution in [-0.2, 0) is 28.0 Å². The van der Waals surface area contributed by atoms with Gasteiger partial charge in [0.15, 0.2) is 5.76 Å². The van der Waals surface area contributed by atoms with Crippen molar-refractivity contribution in [3.63, 3.8) is 0 Å². The summed E-state index contributed by atoms with van der Waals surface area (Å²) in [5, 5.41) is 32.4. The van der Waals surface area contributed by atoms with E-state index in [9.17, 15) is 20.0 Å². The molecule has 9 rings (SSSR count). The number of aliphatic hydroxyl groups excluding tert-OH is 1. The van der Waals surface area contributed by atoms with Crippen LogP contribution in [0.25, 0.3) is 22.0 Å². The monoisotopic (exact) mass is 1020 g/mol. The maximum Gasteiger partial charge on any atom is 0.254 e. The molecule has 5 atom stereocenters. The lowest BCUT2D eigenvalue weighted by molar-refractivity contribution is -0.141. The Morgan fingerprint density at radius 1 is 1.11 bits per heavy atom. The van der Waals surface area contributed by atoms with E-state index in [4.69, 9.17) is 29.5 Å². The SMILES string of the molecule is Cc1cc(CNC(=O)[C@@H]2C[C@@H](O)CN2C(=O)C(c2cc(OCCCCN3CCCN(c4nccc(-c5noc([C@@]6(C)CCCc7sc(N)c(C#N)c76)n5)n4)[C@@H](C)C3)no2)C(C)C)c(F)cc1-c1scnc1C. The molecule has 380 valence electrons. The minimum absolute atomic E-state index is 0.0220. The molecule has 0 spiro atoms. The highest BCUT2D eigenvalue weighted by molar-refractivity contribution is 7.16. The van der Waals surface area contributed by atoms with Crippen LogP contribution in [0.4, 0.5) is 15.3 Å². The number of aliphatic hydroxyl groups is 1. The molecule has 1 aliphatic carbocycles. The van der Waals surface area contributed by atoms with Gasteiger partial charge in [-0.05, 0) is 114 Å². The number of nitrogens with two attached hydrogens (primary N) is 1. The summed E-state index contributed by atoms with van der Waals surface area (Å²) < 4.78 is 32.9. The van der Waals surface area contributed by atoms with E-state index in [0.717, 1.165) is 96.8 Å². The zero-order valence-electron chi connectivity index (χ0n) is 41.5. The van der Waals surface area contributed by atoms with Gasteiger partial charge < -0.3 is 44.6 Å². The van der Waals surface area contributed by atoms with Gasteiger partial charge in [-0.1, -0.05) is 25.1 Å². The van der Waals surface area contributed by atoms with Gasteiger partial charge in [-0.2, -0.15) is 10.2 Å². The molecule has 72 heavy (non-hydrogen) atoms. The topological polar surface area (TPSA) is 239 Å². The van der Waals surface area contributed by atoms with E-state index in [2.05, 4.69) is 48.4 Å². The Kier molecular flexibility index (Phi) is 15.0. The van der Waals surface area contributed by atoms with E-state index in [0.29, 0.717) is 51.9 Å². The first-order valence-electron chi connectivity index (χ1n) is 24.7. The highest BCUT2D eigenvalue weighted by Crippen LogP contribution is 2.48. The van der Waals surface area contributed by atoms with Gasteiger partial charge in [-0.15, -0.1) is 22.7 Å². The zero-order chi connectivity index (χ0) is 50.8. The van der Waals surface area contributed by atoms with Gasteiger partial charge in [0.1, 0.15) is 34.5 Å². The van der Waals surface area contributed by atoms with Crippen LogP contribution in [0.3, 0.4) is 0 Å². The number of likely N-dealkylation sites (tertiary alicyclic amines) is 1. The number of fused-ring (bicyclic) bond motifs is 1. The van der Waals surface area contributed by atoms with Crippen LogP contribution in [0.5, 0.6) is 5.88 Å². The number of rotatable bonds is 16. The molecule has 7 heterocycles. The maximum atomic E-state index is 15.3. The number of anilines is 2. The summed E-state index contributed by atoms with van der Waals surface area (Å²) in [6.07, 6.45) is 6.01. The summed E-state index contributed by atoms with van der Waals surface area (Å²) in [7, 11) is 0. The number of carbonyl (C=O) groups is 2. The maximum absolute atomic E-state index is 15.3. The number of nitriles is 1. The lowest BCUT2D eigenvalue weighted by Crippen LogP contribution is -2.48. The van der Waals surface area contributed by atoms with Crippen molar-refractivity contribution in [3.8, 4) is 33.9 Å². The standard InChI is InChI=1S/C51H61FN12O6S2/c1-28(2)42(48(67)64-26-33(65)20-38(64)47(66)56-24-32-19-29(3)34(21-36(32)52)44-31(5)57-27-71-44)39-22-41(60-69-39)68-18-8-7-15-62-16-10-17-63(30(4)25-62)50-55-14-12-37(58-50)46-59-49(70-61-46)51(6)13-9-11-40-43(51)35(23-53)45(54)72-40/h12,14,19,21-22,27-28,30,33,38,42,65H,7-11,13,15-18,20,24-26,54H2,1-6H3,(H,56,66)/t30-,33+,38-,42?,51-/m0/s1. The molecule has 1 unspecified atom stereocenters. The molecule has 2 fully saturated rings. The van der Waals surface area contributed by atoms with Crippen molar-refractivity contribution in [2.24, 2.45) is 5.92 Å². The summed E-state index contributed by atoms with van der Waals surface area (Å²) in [5.74, 6) is -0.314. The third kappa shape index (κ3) is 10.3. The van der Waals surface area contributed by atoms with Crippen LogP contribution in [0, 0.1) is 36.9 Å². The number of carbonyl (C=O) groups excluding carboxylic acids is 2. The lowest BCUT2D eigenvalue weighted by Gasteiger charge is -2.30. The normalized spacial score (nSPS) is 20.9. The number of hydrogen-bond donors (Lipinski definition) is 3. The average molecular weight is 1020 g/mol. The molecule has 1 aromatic carbocycles. The van der Waals surface area contributed by atoms with Gasteiger partial charge in [0.05, 0.1) is 39.8 Å². The van der Waals surface area contributed by atoms with E-state index >= 15 is 4.39 Å². The Labute approximate surface area is 425 Å². The second-order valence-corrected chi connectivity index (χ2v) is 21.8. The van der Waals surface area contributed by atoms with Gasteiger partial charge in [0.25, 0.3) is 5.88 Å². The number of β-amino-alcohol motifs (C(OH)–C–C–N with tert-alkyl or cyclic N) is 1. The van der Waals surface area contributed by atoms with Gasteiger partial charge in [-0.25, -0.2) is 19.3 Å². The number of nitrogens with zero attached hydrogens (tertiary/aromatic N) is 10. The molecule has 6 aromatic rings. The second-order valence-electron chi connectivity index (χ2n) is 19.8. The first-order valence-corrected chi connectivity index (χ1v) is 26.4. The molecule has 5 aromatic heterocycles. The van der Waals surface area contributed by atoms with Crippen molar-refractivity contribution in [2.45, 2.75) is 123 Å². The zero-order valence-corrected chi connectivity index (χ0v) is 43.1. The fourth-order valence-corrected chi connectivity index (χ4v) is 12.6. The molecule has 0 saturated carbocycles. The number of nitrogens with one attached hydrogen (secondary N) is 1. The fraction of sp³-hybridized carbons (Fsp3) is 0.510. The van der Waals surface area contributed by atoms with Crippen molar-refractivity contribution < 1.29 is 32.9 Å². The molecular formula is C51H61FN12O6S2. The Morgan fingerprint density at radius 2 is 1.94 bits per heavy atom. The van der Waals surface area contributed by atoms with E-state index < -0.39 is 35.2 Å². The van der Waals surface area contributed by atoms with E-state index in [-0.39, 0.29) is 43.3 Å². The predicted molar refractivity (Wildman–Crippen MR) is 270 cm³/mol. The Balaban J connectivity index is 0.751. The van der Waals surface area contributed by atoms with E-state index in [1.807, 2.05) is 34.6 Å². The molecule has 2 aliphatic heterocycles. The average Bonchev–Trinajstić information content (AvgIpc) is 4.21.